The molecule has 0 fully saturated rings. The highest BCUT2D eigenvalue weighted by Gasteiger charge is 2.28. The van der Waals surface area contributed by atoms with Crippen LogP contribution in [0.25, 0.3) is 99.9 Å². The molecule has 6 heteroatoms. The van der Waals surface area contributed by atoms with Gasteiger partial charge in [0.1, 0.15) is 0 Å². The van der Waals surface area contributed by atoms with Crippen molar-refractivity contribution in [1.29, 1.82) is 0 Å². The number of nitrogens with one attached hydrogen (secondary N) is 1. The average molecular weight is 785 g/mol. The lowest BCUT2D eigenvalue weighted by atomic mass is 9.83. The first-order valence-electron chi connectivity index (χ1n) is 21.3. The second-order valence-electron chi connectivity index (χ2n) is 16.9. The van der Waals surface area contributed by atoms with Gasteiger partial charge in [0.05, 0.1) is 56.5 Å². The molecular weight excluding hydrogens is 745 g/mol. The number of hydrogen-bond acceptors (Lipinski definition) is 3. The molecular formula is C55H40N6. The van der Waals surface area contributed by atoms with Crippen LogP contribution in [0, 0.1) is 13.8 Å². The highest BCUT2D eigenvalue weighted by molar-refractivity contribution is 6.12. The van der Waals surface area contributed by atoms with Gasteiger partial charge in [0.25, 0.3) is 0 Å². The fraction of sp³-hybridized carbons (Fsp3) is 0.109. The minimum atomic E-state index is 0.924. The molecule has 2 aliphatic carbocycles. The number of aromatic amines is 1. The first-order valence-corrected chi connectivity index (χ1v) is 21.3. The Morgan fingerprint density at radius 2 is 1.23 bits per heavy atom. The average Bonchev–Trinajstić information content (AvgIpc) is 3.97. The molecule has 11 aromatic rings. The molecule has 0 unspecified atom stereocenters. The van der Waals surface area contributed by atoms with E-state index in [4.69, 9.17) is 9.97 Å². The van der Waals surface area contributed by atoms with Crippen LogP contribution >= 0.6 is 0 Å². The standard InChI is InChI=1S/C55H40N6/c1-32-21-22-56-30-54(32)60-50-19-15-38(48-17-13-34-7-3-5-9-46(34)58-48)25-42(50)44-23-36-11-12-37-24-45-43-26-39(49-18-14-35-8-4-6-10-47(35)59-49)16-20-51(43)61(55-31-57-29-33(55)2)53(45)28-41(37)40(36)27-52(44)60/h3-10,13-14,16-18,20-31,57H,11-12,15,19H2,1-2H3. The number of aromatic nitrogens is 6. The van der Waals surface area contributed by atoms with Gasteiger partial charge in [-0.2, -0.15) is 0 Å². The van der Waals surface area contributed by atoms with Gasteiger partial charge in [0.2, 0.25) is 0 Å². The van der Waals surface area contributed by atoms with Gasteiger partial charge >= 0.3 is 0 Å². The number of nitrogens with zero attached hydrogens (tertiary/aromatic N) is 5. The number of para-hydroxylation sites is 2. The molecule has 0 spiro atoms. The molecule has 6 heterocycles. The Labute approximate surface area is 352 Å². The van der Waals surface area contributed by atoms with E-state index in [0.717, 1.165) is 64.7 Å². The Bertz CT molecular complexity index is 3690. The van der Waals surface area contributed by atoms with E-state index in [1.807, 2.05) is 12.4 Å². The van der Waals surface area contributed by atoms with Gasteiger partial charge in [-0.05, 0) is 151 Å². The summed E-state index contributed by atoms with van der Waals surface area (Å²) in [5.74, 6) is 0. The second-order valence-corrected chi connectivity index (χ2v) is 16.9. The molecule has 0 saturated heterocycles. The number of allylic oxidation sites excluding steroid dienone is 1. The zero-order chi connectivity index (χ0) is 40.3. The van der Waals surface area contributed by atoms with Crippen molar-refractivity contribution in [3.8, 4) is 33.8 Å². The molecule has 2 aliphatic rings. The summed E-state index contributed by atoms with van der Waals surface area (Å²) in [6.07, 6.45) is 14.4. The van der Waals surface area contributed by atoms with Crippen LogP contribution in [0.1, 0.15) is 45.6 Å². The maximum Gasteiger partial charge on any atom is 0.0709 e. The number of rotatable bonds is 4. The molecule has 1 N–H and O–H groups in total. The first-order chi connectivity index (χ1) is 30.0. The number of aryl methyl sites for hydroxylation is 4. The Balaban J connectivity index is 1.03. The maximum atomic E-state index is 5.14. The third-order valence-electron chi connectivity index (χ3n) is 13.5. The molecule has 0 radical (unpaired) electrons. The normalized spacial score (nSPS) is 13.6. The maximum absolute atomic E-state index is 5.14. The summed E-state index contributed by atoms with van der Waals surface area (Å²) in [5.41, 5.74) is 22.9. The number of fused-ring (bicyclic) bond motifs is 11. The molecule has 6 nitrogen and oxygen atoms in total. The summed E-state index contributed by atoms with van der Waals surface area (Å²) in [4.78, 5) is 18.3. The Morgan fingerprint density at radius 3 is 1.97 bits per heavy atom. The Morgan fingerprint density at radius 1 is 0.541 bits per heavy atom. The summed E-state index contributed by atoms with van der Waals surface area (Å²) in [5, 5.41) is 6.13. The van der Waals surface area contributed by atoms with Crippen molar-refractivity contribution in [3.63, 3.8) is 0 Å². The zero-order valence-corrected chi connectivity index (χ0v) is 34.0. The van der Waals surface area contributed by atoms with Crippen LogP contribution in [-0.2, 0) is 19.3 Å². The van der Waals surface area contributed by atoms with Gasteiger partial charge in [-0.15, -0.1) is 0 Å². The molecule has 61 heavy (non-hydrogen) atoms. The van der Waals surface area contributed by atoms with E-state index in [-0.39, 0.29) is 0 Å². The van der Waals surface area contributed by atoms with Crippen molar-refractivity contribution in [1.82, 2.24) is 29.1 Å². The van der Waals surface area contributed by atoms with Crippen LogP contribution in [0.3, 0.4) is 0 Å². The summed E-state index contributed by atoms with van der Waals surface area (Å²) in [6, 6.07) is 44.4. The van der Waals surface area contributed by atoms with Crippen molar-refractivity contribution in [2.75, 3.05) is 0 Å². The molecule has 0 amide bonds. The lowest BCUT2D eigenvalue weighted by molar-refractivity contribution is 0.887. The van der Waals surface area contributed by atoms with E-state index in [1.54, 1.807) is 0 Å². The highest BCUT2D eigenvalue weighted by atomic mass is 15.0. The summed E-state index contributed by atoms with van der Waals surface area (Å²) in [6.45, 7) is 4.39. The van der Waals surface area contributed by atoms with Crippen molar-refractivity contribution >= 4 is 66.2 Å². The predicted molar refractivity (Wildman–Crippen MR) is 251 cm³/mol. The van der Waals surface area contributed by atoms with Gasteiger partial charge < -0.3 is 14.1 Å². The molecule has 290 valence electrons. The van der Waals surface area contributed by atoms with E-state index in [1.165, 1.54) is 94.0 Å². The fourth-order valence-corrected chi connectivity index (χ4v) is 10.4. The summed E-state index contributed by atoms with van der Waals surface area (Å²) in [7, 11) is 0. The van der Waals surface area contributed by atoms with Crippen LogP contribution in [0.4, 0.5) is 0 Å². The molecule has 0 aliphatic heterocycles. The van der Waals surface area contributed by atoms with Crippen LogP contribution in [0.5, 0.6) is 0 Å². The molecule has 6 aromatic heterocycles. The third kappa shape index (κ3) is 5.18. The lowest BCUT2D eigenvalue weighted by Crippen LogP contribution is -2.07. The van der Waals surface area contributed by atoms with Crippen LogP contribution < -0.4 is 0 Å². The smallest absolute Gasteiger partial charge is 0.0709 e. The molecule has 5 aromatic carbocycles. The number of H-pyrrole nitrogens is 1. The molecule has 13 rings (SSSR count). The van der Waals surface area contributed by atoms with Crippen molar-refractivity contribution < 1.29 is 0 Å². The van der Waals surface area contributed by atoms with Gasteiger partial charge in [-0.3, -0.25) is 4.98 Å². The van der Waals surface area contributed by atoms with E-state index >= 15 is 0 Å². The molecule has 0 bridgehead atoms. The van der Waals surface area contributed by atoms with Crippen molar-refractivity contribution in [2.45, 2.75) is 39.5 Å². The second kappa shape index (κ2) is 13.0. The quantitative estimate of drug-likeness (QED) is 0.193. The predicted octanol–water partition coefficient (Wildman–Crippen LogP) is 13.1. The van der Waals surface area contributed by atoms with Crippen molar-refractivity contribution in [3.05, 3.63) is 185 Å². The Hall–Kier alpha value is -7.57. The van der Waals surface area contributed by atoms with Gasteiger partial charge in [-0.1, -0.05) is 54.6 Å². The number of pyridine rings is 3. The summed E-state index contributed by atoms with van der Waals surface area (Å²) >= 11 is 0. The van der Waals surface area contributed by atoms with Gasteiger partial charge in [-0.25, -0.2) is 9.97 Å². The lowest BCUT2D eigenvalue weighted by Gasteiger charge is -2.22. The minimum Gasteiger partial charge on any atom is -0.366 e. The van der Waals surface area contributed by atoms with Crippen LogP contribution in [0.2, 0.25) is 0 Å². The SMILES string of the molecule is Cc1ccncc1-n1c2c(c3cc4c(cc31)-c1cc3c(cc1CC4)c1cc(-c4ccc5ccccc5n4)ccc1n3-c1c[nH]cc1C)C=C(c1ccc3ccccc3n1)CC2. The number of hydrogen-bond donors (Lipinski definition) is 1. The topological polar surface area (TPSA) is 64.3 Å². The summed E-state index contributed by atoms with van der Waals surface area (Å²) < 4.78 is 4.96. The van der Waals surface area contributed by atoms with Crippen LogP contribution in [0.15, 0.2) is 146 Å². The fourth-order valence-electron chi connectivity index (χ4n) is 10.4. The van der Waals surface area contributed by atoms with Gasteiger partial charge in [0, 0.05) is 62.3 Å². The zero-order valence-electron chi connectivity index (χ0n) is 34.0. The molecule has 0 saturated carbocycles. The van der Waals surface area contributed by atoms with E-state index in [0.29, 0.717) is 0 Å². The van der Waals surface area contributed by atoms with Crippen molar-refractivity contribution in [2.24, 2.45) is 0 Å². The minimum absolute atomic E-state index is 0.924. The third-order valence-corrected chi connectivity index (χ3v) is 13.5. The number of benzene rings is 5. The monoisotopic (exact) mass is 784 g/mol. The van der Waals surface area contributed by atoms with Gasteiger partial charge in [0.15, 0.2) is 0 Å². The van der Waals surface area contributed by atoms with E-state index < -0.39 is 0 Å². The van der Waals surface area contributed by atoms with E-state index in [9.17, 15) is 0 Å². The van der Waals surface area contributed by atoms with E-state index in [2.05, 4.69) is 173 Å². The molecule has 0 atom stereocenters. The largest absolute Gasteiger partial charge is 0.366 e. The Kier molecular flexibility index (Phi) is 7.29. The highest BCUT2D eigenvalue weighted by Crippen LogP contribution is 2.46. The first kappa shape index (κ1) is 34.3. The van der Waals surface area contributed by atoms with Crippen LogP contribution in [-0.4, -0.2) is 29.1 Å².